The van der Waals surface area contributed by atoms with Gasteiger partial charge in [0.05, 0.1) is 10.8 Å². The Morgan fingerprint density at radius 2 is 1.88 bits per heavy atom. The lowest BCUT2D eigenvalue weighted by Gasteiger charge is -2.24. The van der Waals surface area contributed by atoms with Crippen LogP contribution in [0.1, 0.15) is 39.2 Å². The third-order valence-corrected chi connectivity index (χ3v) is 7.15. The van der Waals surface area contributed by atoms with Crippen molar-refractivity contribution in [3.8, 4) is 0 Å². The Morgan fingerprint density at radius 3 is 2.32 bits per heavy atom. The molecule has 25 heavy (non-hydrogen) atoms. The van der Waals surface area contributed by atoms with Crippen LogP contribution in [0, 0.1) is 0 Å². The molecule has 2 rings (SSSR count). The summed E-state index contributed by atoms with van der Waals surface area (Å²) in [4.78, 5) is 12.3. The van der Waals surface area contributed by atoms with Gasteiger partial charge >= 0.3 is 6.09 Å². The molecule has 8 heteroatoms. The number of nitrogens with two attached hydrogens (primary N) is 1. The number of amides is 1. The minimum absolute atomic E-state index is 0.0108. The van der Waals surface area contributed by atoms with E-state index in [0.29, 0.717) is 0 Å². The predicted molar refractivity (Wildman–Crippen MR) is 101 cm³/mol. The fourth-order valence-electron chi connectivity index (χ4n) is 3.19. The van der Waals surface area contributed by atoms with Crippen LogP contribution < -0.4 is 11.1 Å². The van der Waals surface area contributed by atoms with Gasteiger partial charge in [0.25, 0.3) is 0 Å². The number of hydrogen-bond donors (Lipinski definition) is 2. The lowest BCUT2D eigenvalue weighted by molar-refractivity contribution is 0.0497. The Kier molecular flexibility index (Phi) is 5.56. The van der Waals surface area contributed by atoms with Gasteiger partial charge in [-0.2, -0.15) is 0 Å². The molecule has 140 valence electrons. The van der Waals surface area contributed by atoms with Crippen molar-refractivity contribution in [2.45, 2.75) is 50.0 Å². The van der Waals surface area contributed by atoms with E-state index < -0.39 is 38.2 Å². The molecule has 0 radical (unpaired) electrons. The van der Waals surface area contributed by atoms with E-state index in [1.54, 1.807) is 27.7 Å². The summed E-state index contributed by atoms with van der Waals surface area (Å²) in [5.41, 5.74) is 5.03. The molecule has 0 heterocycles. The van der Waals surface area contributed by atoms with Gasteiger partial charge in [-0.3, -0.25) is 0 Å². The number of nitrogens with one attached hydrogen (secondary N) is 1. The number of halogens is 1. The van der Waals surface area contributed by atoms with E-state index in [1.807, 2.05) is 24.3 Å². The van der Waals surface area contributed by atoms with Gasteiger partial charge in [0.2, 0.25) is 0 Å². The average Bonchev–Trinajstić information content (AvgIpc) is 3.15. The number of ether oxygens (including phenoxy) is 1. The maximum atomic E-state index is 12.6. The summed E-state index contributed by atoms with van der Waals surface area (Å²) in [6, 6.07) is 7.39. The van der Waals surface area contributed by atoms with E-state index >= 15 is 0 Å². The summed E-state index contributed by atoms with van der Waals surface area (Å²) in [5.74, 6) is -0.411. The van der Waals surface area contributed by atoms with E-state index in [0.717, 1.165) is 10.0 Å². The van der Waals surface area contributed by atoms with Gasteiger partial charge in [0.15, 0.2) is 9.84 Å². The molecule has 1 aromatic rings. The van der Waals surface area contributed by atoms with Gasteiger partial charge in [-0.15, -0.1) is 0 Å². The molecule has 0 saturated heterocycles. The number of sulfone groups is 1. The van der Waals surface area contributed by atoms with Crippen molar-refractivity contribution in [3.63, 3.8) is 0 Å². The zero-order valence-electron chi connectivity index (χ0n) is 14.9. The van der Waals surface area contributed by atoms with E-state index in [-0.39, 0.29) is 12.3 Å². The number of rotatable bonds is 5. The molecule has 0 unspecified atom stereocenters. The van der Waals surface area contributed by atoms with Crippen LogP contribution in [0.5, 0.6) is 0 Å². The molecular formula is C17H25BrN2O4S. The fraction of sp³-hybridized carbons (Fsp3) is 0.588. The second-order valence-electron chi connectivity index (χ2n) is 7.27. The highest BCUT2D eigenvalue weighted by atomic mass is 79.9. The summed E-state index contributed by atoms with van der Waals surface area (Å²) in [6.45, 7) is 6.86. The highest BCUT2D eigenvalue weighted by Crippen LogP contribution is 2.55. The minimum atomic E-state index is -3.40. The molecule has 3 atom stereocenters. The third-order valence-electron chi connectivity index (χ3n) is 4.35. The Morgan fingerprint density at radius 1 is 1.32 bits per heavy atom. The third kappa shape index (κ3) is 4.17. The van der Waals surface area contributed by atoms with Gasteiger partial charge in [-0.25, -0.2) is 13.2 Å². The molecule has 1 amide bonds. The quantitative estimate of drug-likeness (QED) is 0.744. The summed E-state index contributed by atoms with van der Waals surface area (Å²) in [5, 5.41) is 1.99. The van der Waals surface area contributed by atoms with Gasteiger partial charge in [0.1, 0.15) is 5.60 Å². The molecule has 1 aromatic carbocycles. The van der Waals surface area contributed by atoms with E-state index in [9.17, 15) is 13.2 Å². The van der Waals surface area contributed by atoms with E-state index in [2.05, 4.69) is 21.2 Å². The Labute approximate surface area is 157 Å². The lowest BCUT2D eigenvalue weighted by atomic mass is 10.1. The zero-order chi connectivity index (χ0) is 19.0. The standard InChI is InChI=1S/C17H25BrN2O4S/c1-5-25(22,23)14-13(11-6-8-12(18)9-7-11)17(14,10-19)20-15(21)24-16(2,3)4/h6-9,13-14H,5,10,19H2,1-4H3,(H,20,21)/t13-,14-,17+/m1/s1. The van der Waals surface area contributed by atoms with Crippen LogP contribution >= 0.6 is 15.9 Å². The van der Waals surface area contributed by atoms with Crippen LogP contribution in [0.25, 0.3) is 0 Å². The molecule has 0 bridgehead atoms. The maximum Gasteiger partial charge on any atom is 0.408 e. The molecule has 0 aliphatic heterocycles. The second kappa shape index (κ2) is 6.89. The number of carbonyl (C=O) groups is 1. The maximum absolute atomic E-state index is 12.6. The van der Waals surface area contributed by atoms with Crippen LogP contribution in [0.2, 0.25) is 0 Å². The van der Waals surface area contributed by atoms with Crippen molar-refractivity contribution in [2.24, 2.45) is 5.73 Å². The summed E-state index contributed by atoms with van der Waals surface area (Å²) >= 11 is 3.37. The van der Waals surface area contributed by atoms with Crippen LogP contribution in [-0.2, 0) is 14.6 Å². The van der Waals surface area contributed by atoms with Crippen molar-refractivity contribution in [2.75, 3.05) is 12.3 Å². The van der Waals surface area contributed by atoms with Crippen molar-refractivity contribution in [1.29, 1.82) is 0 Å². The smallest absolute Gasteiger partial charge is 0.408 e. The molecule has 0 spiro atoms. The van der Waals surface area contributed by atoms with Crippen molar-refractivity contribution in [3.05, 3.63) is 34.3 Å². The van der Waals surface area contributed by atoms with Gasteiger partial charge < -0.3 is 15.8 Å². The van der Waals surface area contributed by atoms with E-state index in [1.165, 1.54) is 0 Å². The number of carbonyl (C=O) groups excluding carboxylic acids is 1. The first-order valence-corrected chi connectivity index (χ1v) is 10.7. The molecule has 1 fully saturated rings. The predicted octanol–water partition coefficient (Wildman–Crippen LogP) is 2.57. The Balaban J connectivity index is 2.38. The first-order valence-electron chi connectivity index (χ1n) is 8.15. The highest BCUT2D eigenvalue weighted by molar-refractivity contribution is 9.10. The van der Waals surface area contributed by atoms with Gasteiger partial charge in [-0.1, -0.05) is 35.0 Å². The van der Waals surface area contributed by atoms with Crippen molar-refractivity contribution >= 4 is 31.9 Å². The van der Waals surface area contributed by atoms with Gasteiger partial charge in [-0.05, 0) is 38.5 Å². The number of alkyl carbamates (subject to hydrolysis) is 1. The number of benzene rings is 1. The zero-order valence-corrected chi connectivity index (χ0v) is 17.3. The van der Waals surface area contributed by atoms with Gasteiger partial charge in [0, 0.05) is 22.7 Å². The SMILES string of the molecule is CCS(=O)(=O)[C@@H]1[C@@H](c2ccc(Br)cc2)[C@]1(CN)NC(=O)OC(C)(C)C. The lowest BCUT2D eigenvalue weighted by Crippen LogP contribution is -2.49. The largest absolute Gasteiger partial charge is 0.444 e. The number of hydrogen-bond acceptors (Lipinski definition) is 5. The molecule has 6 nitrogen and oxygen atoms in total. The Bertz CT molecular complexity index is 743. The summed E-state index contributed by atoms with van der Waals surface area (Å²) in [6.07, 6.45) is -0.658. The highest BCUT2D eigenvalue weighted by Gasteiger charge is 2.71. The van der Waals surface area contributed by atoms with Crippen molar-refractivity contribution < 1.29 is 17.9 Å². The molecular weight excluding hydrogens is 408 g/mol. The molecule has 1 aliphatic rings. The summed E-state index contributed by atoms with van der Waals surface area (Å²) < 4.78 is 31.4. The minimum Gasteiger partial charge on any atom is -0.444 e. The Hall–Kier alpha value is -1.12. The first-order chi connectivity index (χ1) is 11.5. The topological polar surface area (TPSA) is 98.5 Å². The first kappa shape index (κ1) is 20.2. The molecule has 0 aromatic heterocycles. The van der Waals surface area contributed by atoms with Crippen molar-refractivity contribution in [1.82, 2.24) is 5.32 Å². The second-order valence-corrected chi connectivity index (χ2v) is 10.6. The van der Waals surface area contributed by atoms with Crippen LogP contribution in [-0.4, -0.2) is 43.2 Å². The van der Waals surface area contributed by atoms with Crippen LogP contribution in [0.15, 0.2) is 28.7 Å². The van der Waals surface area contributed by atoms with Crippen LogP contribution in [0.4, 0.5) is 4.79 Å². The summed E-state index contributed by atoms with van der Waals surface area (Å²) in [7, 11) is -3.40. The van der Waals surface area contributed by atoms with Crippen LogP contribution in [0.3, 0.4) is 0 Å². The molecule has 3 N–H and O–H groups in total. The molecule has 1 aliphatic carbocycles. The average molecular weight is 433 g/mol. The normalized spacial score (nSPS) is 26.2. The molecule has 1 saturated carbocycles. The van der Waals surface area contributed by atoms with E-state index in [4.69, 9.17) is 10.5 Å². The monoisotopic (exact) mass is 432 g/mol. The fourth-order valence-corrected chi connectivity index (χ4v) is 5.49.